The number of aliphatic imine (C=N–C) groups is 1. The number of ketones is 1. The monoisotopic (exact) mass is 460 g/mol. The van der Waals surface area contributed by atoms with Crippen LogP contribution in [0.25, 0.3) is 0 Å². The Hall–Kier alpha value is -2.93. The van der Waals surface area contributed by atoms with E-state index in [1.807, 2.05) is 0 Å². The maximum atomic E-state index is 13.3. The summed E-state index contributed by atoms with van der Waals surface area (Å²) < 4.78 is 39.3. The number of nitrogens with zero attached hydrogens (tertiary/aromatic N) is 1. The zero-order valence-electron chi connectivity index (χ0n) is 17.2. The van der Waals surface area contributed by atoms with E-state index < -0.39 is 29.5 Å². The summed E-state index contributed by atoms with van der Waals surface area (Å²) in [5.74, 6) is -2.06. The number of Topliss-reactive ketones (excluding diaryl/α,β-unsaturated/α-hetero) is 1. The Bertz CT molecular complexity index is 1150. The molecule has 1 amide bonds. The molecule has 0 saturated heterocycles. The number of carbonyl (C=O) groups is 2. The molecule has 1 aliphatic heterocycles. The van der Waals surface area contributed by atoms with E-state index in [9.17, 15) is 22.8 Å². The summed E-state index contributed by atoms with van der Waals surface area (Å²) in [4.78, 5) is 30.8. The number of allylic oxidation sites excluding steroid dienone is 2. The molecule has 8 heteroatoms. The van der Waals surface area contributed by atoms with Crippen molar-refractivity contribution in [3.05, 3.63) is 76.0 Å². The summed E-state index contributed by atoms with van der Waals surface area (Å²) >= 11 is 6.19. The third-order valence-electron chi connectivity index (χ3n) is 5.78. The molecule has 1 aliphatic carbocycles. The van der Waals surface area contributed by atoms with Crippen LogP contribution in [-0.2, 0) is 15.8 Å². The summed E-state index contributed by atoms with van der Waals surface area (Å²) in [6.07, 6.45) is -2.83. The minimum absolute atomic E-state index is 0.0252. The molecule has 0 bridgehead atoms. The third-order valence-corrected chi connectivity index (χ3v) is 6.02. The minimum Gasteiger partial charge on any atom is -0.325 e. The number of halogens is 4. The Morgan fingerprint density at radius 2 is 1.88 bits per heavy atom. The summed E-state index contributed by atoms with van der Waals surface area (Å²) in [6.45, 7) is 1.71. The topological polar surface area (TPSA) is 58.5 Å². The van der Waals surface area contributed by atoms with Crippen LogP contribution in [-0.4, -0.2) is 17.4 Å². The Balaban J connectivity index is 1.74. The number of amides is 1. The summed E-state index contributed by atoms with van der Waals surface area (Å²) in [6, 6.07) is 11.4. The molecule has 4 nitrogen and oxygen atoms in total. The van der Waals surface area contributed by atoms with E-state index in [0.29, 0.717) is 46.8 Å². The molecule has 1 heterocycles. The molecule has 2 aromatic rings. The maximum absolute atomic E-state index is 13.3. The first-order valence-corrected chi connectivity index (χ1v) is 10.6. The van der Waals surface area contributed by atoms with Gasteiger partial charge in [-0.05, 0) is 55.7 Å². The van der Waals surface area contributed by atoms with Gasteiger partial charge in [0.15, 0.2) is 5.78 Å². The van der Waals surface area contributed by atoms with Crippen LogP contribution in [0.3, 0.4) is 0 Å². The van der Waals surface area contributed by atoms with Gasteiger partial charge < -0.3 is 5.32 Å². The van der Waals surface area contributed by atoms with Gasteiger partial charge >= 0.3 is 6.18 Å². The molecular formula is C24H20ClF3N2O2. The highest BCUT2D eigenvalue weighted by atomic mass is 35.5. The number of hydrogen-bond acceptors (Lipinski definition) is 3. The number of carbonyl (C=O) groups excluding carboxylic acids is 2. The molecule has 0 spiro atoms. The Morgan fingerprint density at radius 1 is 1.12 bits per heavy atom. The lowest BCUT2D eigenvalue weighted by Crippen LogP contribution is -2.39. The lowest BCUT2D eigenvalue weighted by atomic mass is 9.71. The largest absolute Gasteiger partial charge is 0.416 e. The first kappa shape index (κ1) is 22.3. The molecule has 2 atom stereocenters. The van der Waals surface area contributed by atoms with Crippen molar-refractivity contribution in [2.75, 3.05) is 5.32 Å². The number of benzene rings is 2. The van der Waals surface area contributed by atoms with E-state index in [4.69, 9.17) is 11.6 Å². The lowest BCUT2D eigenvalue weighted by molar-refractivity contribution is -0.137. The van der Waals surface area contributed by atoms with Crippen molar-refractivity contribution in [1.29, 1.82) is 0 Å². The Morgan fingerprint density at radius 3 is 2.59 bits per heavy atom. The quantitative estimate of drug-likeness (QED) is 0.594. The summed E-state index contributed by atoms with van der Waals surface area (Å²) in [7, 11) is 0. The highest BCUT2D eigenvalue weighted by Crippen LogP contribution is 2.44. The smallest absolute Gasteiger partial charge is 0.325 e. The second-order valence-electron chi connectivity index (χ2n) is 7.97. The van der Waals surface area contributed by atoms with Gasteiger partial charge in [-0.1, -0.05) is 29.8 Å². The van der Waals surface area contributed by atoms with Gasteiger partial charge in [-0.25, -0.2) is 0 Å². The molecule has 0 fully saturated rings. The molecule has 166 valence electrons. The number of rotatable bonds is 3. The van der Waals surface area contributed by atoms with Crippen LogP contribution in [0.5, 0.6) is 0 Å². The van der Waals surface area contributed by atoms with E-state index in [2.05, 4.69) is 10.3 Å². The Labute approximate surface area is 188 Å². The van der Waals surface area contributed by atoms with Crippen LogP contribution in [0.15, 0.2) is 64.8 Å². The van der Waals surface area contributed by atoms with Gasteiger partial charge in [-0.3, -0.25) is 14.6 Å². The van der Waals surface area contributed by atoms with E-state index in [0.717, 1.165) is 12.1 Å². The first-order valence-electron chi connectivity index (χ1n) is 10.2. The van der Waals surface area contributed by atoms with Gasteiger partial charge in [0.05, 0.1) is 11.5 Å². The fraction of sp³-hybridized carbons (Fsp3) is 0.292. The standard InChI is InChI=1S/C24H20ClF3N2O2/c1-13-20(23(32)30-17-8-3-6-15(12-17)24(26,27)28)21(14-5-2-7-16(25)11-14)22-18(29-13)9-4-10-19(22)31/h2-3,5-8,11-12,20-21H,4,9-10H2,1H3,(H,30,32)/t20?,21-/m1/s1. The average Bonchev–Trinajstić information content (AvgIpc) is 2.72. The van der Waals surface area contributed by atoms with Crippen molar-refractivity contribution >= 4 is 34.7 Å². The average molecular weight is 461 g/mol. The molecular weight excluding hydrogens is 441 g/mol. The molecule has 4 rings (SSSR count). The fourth-order valence-electron chi connectivity index (χ4n) is 4.40. The number of hydrogen-bond donors (Lipinski definition) is 1. The second-order valence-corrected chi connectivity index (χ2v) is 8.40. The van der Waals surface area contributed by atoms with Gasteiger partial charge in [-0.15, -0.1) is 0 Å². The van der Waals surface area contributed by atoms with Gasteiger partial charge in [0.25, 0.3) is 0 Å². The van der Waals surface area contributed by atoms with E-state index in [1.54, 1.807) is 31.2 Å². The van der Waals surface area contributed by atoms with Crippen molar-refractivity contribution in [1.82, 2.24) is 0 Å². The maximum Gasteiger partial charge on any atom is 0.416 e. The molecule has 0 radical (unpaired) electrons. The molecule has 2 aromatic carbocycles. The summed E-state index contributed by atoms with van der Waals surface area (Å²) in [5, 5.41) is 3.06. The van der Waals surface area contributed by atoms with Gasteiger partial charge in [0.2, 0.25) is 5.91 Å². The van der Waals surface area contributed by atoms with Crippen LogP contribution in [0.2, 0.25) is 5.02 Å². The highest BCUT2D eigenvalue weighted by Gasteiger charge is 2.42. The van der Waals surface area contributed by atoms with Crippen LogP contribution in [0, 0.1) is 5.92 Å². The number of nitrogens with one attached hydrogen (secondary N) is 1. The zero-order chi connectivity index (χ0) is 23.0. The van der Waals surface area contributed by atoms with Gasteiger partial charge in [0.1, 0.15) is 0 Å². The van der Waals surface area contributed by atoms with E-state index in [1.165, 1.54) is 12.1 Å². The van der Waals surface area contributed by atoms with Crippen molar-refractivity contribution in [3.63, 3.8) is 0 Å². The van der Waals surface area contributed by atoms with Crippen molar-refractivity contribution in [3.8, 4) is 0 Å². The molecule has 1 unspecified atom stereocenters. The van der Waals surface area contributed by atoms with Crippen molar-refractivity contribution < 1.29 is 22.8 Å². The SMILES string of the molecule is CC1=NC2=C(C(=O)CCC2)[C@H](c2cccc(Cl)c2)C1C(=O)Nc1cccc(C(F)(F)F)c1. The van der Waals surface area contributed by atoms with Crippen LogP contribution < -0.4 is 5.32 Å². The van der Waals surface area contributed by atoms with Gasteiger partial charge in [-0.2, -0.15) is 13.2 Å². The van der Waals surface area contributed by atoms with E-state index in [-0.39, 0.29) is 11.5 Å². The van der Waals surface area contributed by atoms with Crippen LogP contribution in [0.4, 0.5) is 18.9 Å². The van der Waals surface area contributed by atoms with Crippen molar-refractivity contribution in [2.45, 2.75) is 38.3 Å². The van der Waals surface area contributed by atoms with Crippen molar-refractivity contribution in [2.24, 2.45) is 10.9 Å². The first-order chi connectivity index (χ1) is 15.1. The third kappa shape index (κ3) is 4.35. The molecule has 1 N–H and O–H groups in total. The predicted octanol–water partition coefficient (Wildman–Crippen LogP) is 6.18. The molecule has 32 heavy (non-hydrogen) atoms. The molecule has 2 aliphatic rings. The number of anilines is 1. The lowest BCUT2D eigenvalue weighted by Gasteiger charge is -2.35. The zero-order valence-corrected chi connectivity index (χ0v) is 17.9. The molecule has 0 saturated carbocycles. The minimum atomic E-state index is -4.53. The van der Waals surface area contributed by atoms with E-state index >= 15 is 0 Å². The van der Waals surface area contributed by atoms with Gasteiger partial charge in [0, 0.05) is 40.0 Å². The van der Waals surface area contributed by atoms with Crippen LogP contribution in [0.1, 0.15) is 43.2 Å². The second kappa shape index (κ2) is 8.54. The predicted molar refractivity (Wildman–Crippen MR) is 117 cm³/mol. The number of alkyl halides is 3. The fourth-order valence-corrected chi connectivity index (χ4v) is 4.60. The highest BCUT2D eigenvalue weighted by molar-refractivity contribution is 6.30. The molecule has 0 aromatic heterocycles. The summed E-state index contributed by atoms with van der Waals surface area (Å²) in [5.41, 5.74) is 1.53. The Kier molecular flexibility index (Phi) is 5.95. The van der Waals surface area contributed by atoms with Crippen LogP contribution >= 0.6 is 11.6 Å². The normalized spacial score (nSPS) is 21.2.